The molecule has 1 aromatic rings. The van der Waals surface area contributed by atoms with E-state index >= 15 is 0 Å². The molecule has 1 aromatic carbocycles. The lowest BCUT2D eigenvalue weighted by atomic mass is 10.0. The van der Waals surface area contributed by atoms with Crippen molar-refractivity contribution in [2.45, 2.75) is 23.0 Å². The average Bonchev–Trinajstić information content (AvgIpc) is 2.23. The van der Waals surface area contributed by atoms with Crippen molar-refractivity contribution in [3.05, 3.63) is 28.2 Å². The lowest BCUT2D eigenvalue weighted by molar-refractivity contribution is 0.0455. The van der Waals surface area contributed by atoms with Crippen LogP contribution in [-0.2, 0) is 4.74 Å². The molecular weight excluding hydrogens is 286 g/mol. The van der Waals surface area contributed by atoms with Crippen LogP contribution in [0.15, 0.2) is 27.6 Å². The molecular formula is C12H16BrNOS. The van der Waals surface area contributed by atoms with Crippen LogP contribution in [-0.4, -0.2) is 25.0 Å². The van der Waals surface area contributed by atoms with E-state index in [1.54, 1.807) is 0 Å². The van der Waals surface area contributed by atoms with Crippen LogP contribution in [0.1, 0.15) is 18.4 Å². The Labute approximate surface area is 109 Å². The van der Waals surface area contributed by atoms with Crippen LogP contribution in [0, 0.1) is 0 Å². The third-order valence-corrected chi connectivity index (χ3v) is 4.91. The van der Waals surface area contributed by atoms with Crippen molar-refractivity contribution in [2.75, 3.05) is 19.8 Å². The van der Waals surface area contributed by atoms with Crippen LogP contribution in [0.3, 0.4) is 0 Å². The number of halogens is 1. The predicted molar refractivity (Wildman–Crippen MR) is 72.1 cm³/mol. The molecule has 1 aliphatic rings. The van der Waals surface area contributed by atoms with Crippen molar-refractivity contribution in [3.8, 4) is 0 Å². The van der Waals surface area contributed by atoms with Gasteiger partial charge in [0.2, 0.25) is 0 Å². The first-order valence-corrected chi connectivity index (χ1v) is 7.12. The molecule has 0 aromatic heterocycles. The van der Waals surface area contributed by atoms with E-state index in [-0.39, 0.29) is 0 Å². The van der Waals surface area contributed by atoms with Crippen LogP contribution in [0.2, 0.25) is 0 Å². The number of hydrogen-bond donors (Lipinski definition) is 1. The molecule has 1 atom stereocenters. The van der Waals surface area contributed by atoms with Gasteiger partial charge in [0.15, 0.2) is 0 Å². The molecule has 0 bridgehead atoms. The largest absolute Gasteiger partial charge is 0.379 e. The Balaban J connectivity index is 2.09. The summed E-state index contributed by atoms with van der Waals surface area (Å²) in [7, 11) is 0. The zero-order valence-corrected chi connectivity index (χ0v) is 11.7. The highest BCUT2D eigenvalue weighted by Crippen LogP contribution is 2.35. The molecule has 4 heteroatoms. The first-order valence-electron chi connectivity index (χ1n) is 5.44. The zero-order chi connectivity index (χ0) is 11.5. The van der Waals surface area contributed by atoms with Crippen LogP contribution < -0.4 is 5.73 Å². The molecule has 1 aliphatic heterocycles. The SMILES string of the molecule is CC(CN)c1ccc(SC2COC2)c(Br)c1. The molecule has 2 nitrogen and oxygen atoms in total. The van der Waals surface area contributed by atoms with Gasteiger partial charge < -0.3 is 10.5 Å². The average molecular weight is 302 g/mol. The quantitative estimate of drug-likeness (QED) is 0.928. The molecule has 1 fully saturated rings. The van der Waals surface area contributed by atoms with Gasteiger partial charge in [-0.3, -0.25) is 0 Å². The highest BCUT2D eigenvalue weighted by atomic mass is 79.9. The lowest BCUT2D eigenvalue weighted by Gasteiger charge is -2.25. The summed E-state index contributed by atoms with van der Waals surface area (Å²) in [5, 5.41) is 0.620. The van der Waals surface area contributed by atoms with E-state index in [0.29, 0.717) is 17.7 Å². The van der Waals surface area contributed by atoms with Gasteiger partial charge >= 0.3 is 0 Å². The van der Waals surface area contributed by atoms with Crippen LogP contribution in [0.4, 0.5) is 0 Å². The topological polar surface area (TPSA) is 35.2 Å². The lowest BCUT2D eigenvalue weighted by Crippen LogP contribution is -2.30. The van der Waals surface area contributed by atoms with E-state index in [9.17, 15) is 0 Å². The van der Waals surface area contributed by atoms with Gasteiger partial charge in [-0.2, -0.15) is 0 Å². The number of rotatable bonds is 4. The molecule has 2 rings (SSSR count). The zero-order valence-electron chi connectivity index (χ0n) is 9.28. The van der Waals surface area contributed by atoms with Gasteiger partial charge in [-0.25, -0.2) is 0 Å². The number of nitrogens with two attached hydrogens (primary N) is 1. The van der Waals surface area contributed by atoms with Gasteiger partial charge in [-0.15, -0.1) is 11.8 Å². The summed E-state index contributed by atoms with van der Waals surface area (Å²) in [6.45, 7) is 4.58. The van der Waals surface area contributed by atoms with Crippen molar-refractivity contribution in [1.82, 2.24) is 0 Å². The molecule has 1 heterocycles. The van der Waals surface area contributed by atoms with Gasteiger partial charge in [0, 0.05) is 9.37 Å². The summed E-state index contributed by atoms with van der Waals surface area (Å²) < 4.78 is 6.34. The maximum atomic E-state index is 5.67. The normalized spacial score (nSPS) is 18.2. The predicted octanol–water partition coefficient (Wildman–Crippen LogP) is 3.00. The third kappa shape index (κ3) is 2.80. The molecule has 2 N–H and O–H groups in total. The first-order chi connectivity index (χ1) is 7.70. The summed E-state index contributed by atoms with van der Waals surface area (Å²) >= 11 is 5.51. The number of ether oxygens (including phenoxy) is 1. The van der Waals surface area contributed by atoms with E-state index in [1.807, 2.05) is 11.8 Å². The van der Waals surface area contributed by atoms with Crippen molar-refractivity contribution in [3.63, 3.8) is 0 Å². The standard InChI is InChI=1S/C12H16BrNOS/c1-8(5-14)9-2-3-12(11(13)4-9)16-10-6-15-7-10/h2-4,8,10H,5-7,14H2,1H3. The summed E-state index contributed by atoms with van der Waals surface area (Å²) in [6.07, 6.45) is 0. The molecule has 0 saturated carbocycles. The maximum absolute atomic E-state index is 5.67. The molecule has 0 aliphatic carbocycles. The van der Waals surface area contributed by atoms with Gasteiger partial charge in [-0.05, 0) is 46.1 Å². The molecule has 1 unspecified atom stereocenters. The number of thioether (sulfide) groups is 1. The highest BCUT2D eigenvalue weighted by molar-refractivity contribution is 9.10. The fourth-order valence-electron chi connectivity index (χ4n) is 1.52. The Bertz CT molecular complexity index is 368. The van der Waals surface area contributed by atoms with E-state index in [4.69, 9.17) is 10.5 Å². The van der Waals surface area contributed by atoms with Crippen LogP contribution in [0.5, 0.6) is 0 Å². The minimum Gasteiger partial charge on any atom is -0.379 e. The second-order valence-electron chi connectivity index (χ2n) is 4.10. The molecule has 0 amide bonds. The van der Waals surface area contributed by atoms with Gasteiger partial charge in [-0.1, -0.05) is 13.0 Å². The van der Waals surface area contributed by atoms with E-state index in [1.165, 1.54) is 14.9 Å². The molecule has 1 saturated heterocycles. The summed E-state index contributed by atoms with van der Waals surface area (Å²) in [5.74, 6) is 0.419. The molecule has 0 spiro atoms. The van der Waals surface area contributed by atoms with E-state index in [0.717, 1.165) is 13.2 Å². The number of hydrogen-bond acceptors (Lipinski definition) is 3. The minimum atomic E-state index is 0.419. The molecule has 0 radical (unpaired) electrons. The summed E-state index contributed by atoms with van der Waals surface area (Å²) in [5.41, 5.74) is 6.96. The Morgan fingerprint density at radius 1 is 1.56 bits per heavy atom. The Hall–Kier alpha value is -0.0300. The molecule has 88 valence electrons. The fourth-order valence-corrected chi connectivity index (χ4v) is 3.20. The van der Waals surface area contributed by atoms with Gasteiger partial charge in [0.05, 0.1) is 18.5 Å². The maximum Gasteiger partial charge on any atom is 0.0611 e. The monoisotopic (exact) mass is 301 g/mol. The first kappa shape index (κ1) is 12.4. The second-order valence-corrected chi connectivity index (χ2v) is 6.30. The van der Waals surface area contributed by atoms with Crippen molar-refractivity contribution in [1.29, 1.82) is 0 Å². The molecule has 16 heavy (non-hydrogen) atoms. The summed E-state index contributed by atoms with van der Waals surface area (Å²) in [4.78, 5) is 1.29. The van der Waals surface area contributed by atoms with Crippen molar-refractivity contribution in [2.24, 2.45) is 5.73 Å². The van der Waals surface area contributed by atoms with Gasteiger partial charge in [0.1, 0.15) is 0 Å². The smallest absolute Gasteiger partial charge is 0.0611 e. The fraction of sp³-hybridized carbons (Fsp3) is 0.500. The van der Waals surface area contributed by atoms with Gasteiger partial charge in [0.25, 0.3) is 0 Å². The van der Waals surface area contributed by atoms with Crippen LogP contribution >= 0.6 is 27.7 Å². The Morgan fingerprint density at radius 3 is 2.81 bits per heavy atom. The minimum absolute atomic E-state index is 0.419. The number of benzene rings is 1. The van der Waals surface area contributed by atoms with Crippen molar-refractivity contribution < 1.29 is 4.74 Å². The van der Waals surface area contributed by atoms with E-state index < -0.39 is 0 Å². The summed E-state index contributed by atoms with van der Waals surface area (Å²) in [6, 6.07) is 6.53. The van der Waals surface area contributed by atoms with E-state index in [2.05, 4.69) is 41.1 Å². The Morgan fingerprint density at radius 2 is 2.31 bits per heavy atom. The Kier molecular flexibility index (Phi) is 4.30. The second kappa shape index (κ2) is 5.54. The highest BCUT2D eigenvalue weighted by Gasteiger charge is 2.20. The van der Waals surface area contributed by atoms with Crippen LogP contribution in [0.25, 0.3) is 0 Å². The third-order valence-electron chi connectivity index (χ3n) is 2.78. The van der Waals surface area contributed by atoms with Crippen molar-refractivity contribution >= 4 is 27.7 Å².